The van der Waals surface area contributed by atoms with Crippen molar-refractivity contribution in [3.8, 4) is 0 Å². The first-order chi connectivity index (χ1) is 7.64. The van der Waals surface area contributed by atoms with E-state index in [-0.39, 0.29) is 12.7 Å². The number of allylic oxidation sites excluding steroid dienone is 2. The van der Waals surface area contributed by atoms with E-state index < -0.39 is 7.82 Å². The lowest BCUT2D eigenvalue weighted by atomic mass is 10.0. The van der Waals surface area contributed by atoms with Gasteiger partial charge in [0, 0.05) is 0 Å². The van der Waals surface area contributed by atoms with Gasteiger partial charge in [0.15, 0.2) is 0 Å². The quantitative estimate of drug-likeness (QED) is 0.598. The molecule has 0 saturated heterocycles. The highest BCUT2D eigenvalue weighted by atomic mass is 31.2. The topological polar surface area (TPSA) is 55.8 Å². The SMILES string of the molecule is CCCOP(=O)(O)OC1CC/C=C\CCC1. The molecule has 0 bridgehead atoms. The molecule has 0 aliphatic heterocycles. The Morgan fingerprint density at radius 2 is 2.12 bits per heavy atom. The van der Waals surface area contributed by atoms with Crippen molar-refractivity contribution in [1.82, 2.24) is 0 Å². The second-order valence-corrected chi connectivity index (χ2v) is 5.41. The Kier molecular flexibility index (Phi) is 6.29. The lowest BCUT2D eigenvalue weighted by Gasteiger charge is -2.21. The van der Waals surface area contributed by atoms with E-state index in [1.54, 1.807) is 0 Å². The third kappa shape index (κ3) is 5.80. The minimum atomic E-state index is -3.84. The molecule has 0 radical (unpaired) electrons. The molecule has 4 nitrogen and oxygen atoms in total. The third-order valence-corrected chi connectivity index (χ3v) is 3.53. The van der Waals surface area contributed by atoms with E-state index in [9.17, 15) is 9.46 Å². The van der Waals surface area contributed by atoms with Gasteiger partial charge in [0.2, 0.25) is 0 Å². The maximum atomic E-state index is 11.5. The van der Waals surface area contributed by atoms with Crippen LogP contribution in [0.25, 0.3) is 0 Å². The monoisotopic (exact) mass is 248 g/mol. The number of rotatable bonds is 5. The fraction of sp³-hybridized carbons (Fsp3) is 0.818. The molecule has 94 valence electrons. The molecule has 0 spiro atoms. The summed E-state index contributed by atoms with van der Waals surface area (Å²) in [5, 5.41) is 0. The Morgan fingerprint density at radius 3 is 2.88 bits per heavy atom. The summed E-state index contributed by atoms with van der Waals surface area (Å²) in [6.07, 6.45) is 9.34. The van der Waals surface area contributed by atoms with E-state index in [1.165, 1.54) is 0 Å². The fourth-order valence-electron chi connectivity index (χ4n) is 1.66. The van der Waals surface area contributed by atoms with E-state index in [4.69, 9.17) is 9.05 Å². The van der Waals surface area contributed by atoms with Gasteiger partial charge in [0.05, 0.1) is 12.7 Å². The third-order valence-electron chi connectivity index (χ3n) is 2.46. The molecular formula is C11H21O4P. The summed E-state index contributed by atoms with van der Waals surface area (Å²) in [5.74, 6) is 0. The van der Waals surface area contributed by atoms with Crippen LogP contribution in [0.5, 0.6) is 0 Å². The van der Waals surface area contributed by atoms with Crippen LogP contribution in [0.15, 0.2) is 12.2 Å². The average Bonchev–Trinajstić information content (AvgIpc) is 2.19. The minimum Gasteiger partial charge on any atom is -0.302 e. The van der Waals surface area contributed by atoms with Gasteiger partial charge in [-0.1, -0.05) is 19.1 Å². The Balaban J connectivity index is 2.38. The molecule has 16 heavy (non-hydrogen) atoms. The molecule has 1 rings (SSSR count). The molecule has 1 N–H and O–H groups in total. The number of phosphoric ester groups is 1. The molecule has 0 aromatic heterocycles. The molecule has 1 aliphatic carbocycles. The number of phosphoric acid groups is 1. The second-order valence-electron chi connectivity index (χ2n) is 4.01. The highest BCUT2D eigenvalue weighted by molar-refractivity contribution is 7.47. The molecule has 1 aliphatic rings. The van der Waals surface area contributed by atoms with Gasteiger partial charge in [0.1, 0.15) is 0 Å². The predicted octanol–water partition coefficient (Wildman–Crippen LogP) is 3.42. The Bertz CT molecular complexity index is 265. The zero-order chi connectivity index (χ0) is 11.9. The Hall–Kier alpha value is -0.150. The van der Waals surface area contributed by atoms with Gasteiger partial charge in [-0.15, -0.1) is 0 Å². The molecule has 0 amide bonds. The first-order valence-electron chi connectivity index (χ1n) is 5.95. The van der Waals surface area contributed by atoms with Crippen LogP contribution in [-0.2, 0) is 13.6 Å². The normalized spacial score (nSPS) is 27.8. The van der Waals surface area contributed by atoms with Crippen LogP contribution in [0.2, 0.25) is 0 Å². The largest absolute Gasteiger partial charge is 0.472 e. The highest BCUT2D eigenvalue weighted by Crippen LogP contribution is 2.46. The lowest BCUT2D eigenvalue weighted by Crippen LogP contribution is -2.13. The first-order valence-corrected chi connectivity index (χ1v) is 7.44. The summed E-state index contributed by atoms with van der Waals surface area (Å²) < 4.78 is 21.5. The van der Waals surface area contributed by atoms with Gasteiger partial charge in [-0.05, 0) is 38.5 Å². The smallest absolute Gasteiger partial charge is 0.302 e. The van der Waals surface area contributed by atoms with Crippen LogP contribution in [0.3, 0.4) is 0 Å². The van der Waals surface area contributed by atoms with Crippen molar-refractivity contribution in [2.75, 3.05) is 6.61 Å². The maximum Gasteiger partial charge on any atom is 0.472 e. The molecule has 0 aromatic rings. The summed E-state index contributed by atoms with van der Waals surface area (Å²) >= 11 is 0. The van der Waals surface area contributed by atoms with Crippen LogP contribution < -0.4 is 0 Å². The van der Waals surface area contributed by atoms with Gasteiger partial charge in [-0.3, -0.25) is 9.05 Å². The van der Waals surface area contributed by atoms with E-state index >= 15 is 0 Å². The lowest BCUT2D eigenvalue weighted by molar-refractivity contribution is 0.0933. The van der Waals surface area contributed by atoms with E-state index in [1.807, 2.05) is 6.92 Å². The fourth-order valence-corrected chi connectivity index (χ4v) is 2.72. The van der Waals surface area contributed by atoms with E-state index in [0.29, 0.717) is 6.42 Å². The maximum absolute atomic E-state index is 11.5. The number of hydrogen-bond acceptors (Lipinski definition) is 3. The van der Waals surface area contributed by atoms with Gasteiger partial charge in [-0.25, -0.2) is 4.57 Å². The zero-order valence-corrected chi connectivity index (χ0v) is 10.7. The molecule has 0 saturated carbocycles. The summed E-state index contributed by atoms with van der Waals surface area (Å²) in [6.45, 7) is 2.15. The van der Waals surface area contributed by atoms with Crippen molar-refractivity contribution in [3.05, 3.63) is 12.2 Å². The zero-order valence-electron chi connectivity index (χ0n) is 9.80. The van der Waals surface area contributed by atoms with Crippen LogP contribution in [0.1, 0.15) is 45.4 Å². The standard InChI is InChI=1S/C11H21O4P/c1-2-10-14-16(12,13)15-11-8-6-4-3-5-7-9-11/h3-4,11H,2,5-10H2,1H3,(H,12,13)/b4-3-. The molecule has 2 atom stereocenters. The minimum absolute atomic E-state index is 0.155. The summed E-state index contributed by atoms with van der Waals surface area (Å²) in [7, 11) is -3.84. The van der Waals surface area contributed by atoms with Gasteiger partial charge >= 0.3 is 7.82 Å². The molecule has 0 aromatic carbocycles. The van der Waals surface area contributed by atoms with Crippen LogP contribution in [0, 0.1) is 0 Å². The van der Waals surface area contributed by atoms with Gasteiger partial charge in [0.25, 0.3) is 0 Å². The van der Waals surface area contributed by atoms with Crippen molar-refractivity contribution in [2.45, 2.75) is 51.6 Å². The predicted molar refractivity (Wildman–Crippen MR) is 63.2 cm³/mol. The molecule has 0 fully saturated rings. The van der Waals surface area contributed by atoms with Crippen molar-refractivity contribution >= 4 is 7.82 Å². The second kappa shape index (κ2) is 7.23. The first kappa shape index (κ1) is 13.9. The van der Waals surface area contributed by atoms with Crippen LogP contribution in [0.4, 0.5) is 0 Å². The van der Waals surface area contributed by atoms with Crippen molar-refractivity contribution in [3.63, 3.8) is 0 Å². The highest BCUT2D eigenvalue weighted by Gasteiger charge is 2.25. The summed E-state index contributed by atoms with van der Waals surface area (Å²) in [5.41, 5.74) is 0. The Labute approximate surface area is 97.3 Å². The molecule has 5 heteroatoms. The van der Waals surface area contributed by atoms with E-state index in [0.717, 1.165) is 32.1 Å². The molecule has 2 unspecified atom stereocenters. The van der Waals surface area contributed by atoms with Gasteiger partial charge < -0.3 is 4.89 Å². The number of hydrogen-bond donors (Lipinski definition) is 1. The average molecular weight is 248 g/mol. The van der Waals surface area contributed by atoms with Crippen molar-refractivity contribution < 1.29 is 18.5 Å². The Morgan fingerprint density at radius 1 is 1.38 bits per heavy atom. The van der Waals surface area contributed by atoms with Gasteiger partial charge in [-0.2, -0.15) is 0 Å². The molecular weight excluding hydrogens is 227 g/mol. The summed E-state index contributed by atoms with van der Waals surface area (Å²) in [4.78, 5) is 9.45. The molecule has 0 heterocycles. The van der Waals surface area contributed by atoms with Crippen LogP contribution in [-0.4, -0.2) is 17.6 Å². The van der Waals surface area contributed by atoms with Crippen molar-refractivity contribution in [2.24, 2.45) is 0 Å². The van der Waals surface area contributed by atoms with Crippen molar-refractivity contribution in [1.29, 1.82) is 0 Å². The van der Waals surface area contributed by atoms with Crippen LogP contribution >= 0.6 is 7.82 Å². The van der Waals surface area contributed by atoms with E-state index in [2.05, 4.69) is 12.2 Å². The summed E-state index contributed by atoms with van der Waals surface area (Å²) in [6, 6.07) is 0.